The van der Waals surface area contributed by atoms with Crippen LogP contribution in [0.4, 0.5) is 0 Å². The standard InChI is InChI=1S/C14H24O3/c1-8-14(6,7)11(9(2)3)12(15)13(16)17-10(4)5/h8-11H,1H2,2-7H3. The topological polar surface area (TPSA) is 43.4 Å². The lowest BCUT2D eigenvalue weighted by atomic mass is 9.70. The van der Waals surface area contributed by atoms with Gasteiger partial charge in [-0.1, -0.05) is 33.8 Å². The zero-order chi connectivity index (χ0) is 13.8. The second-order valence-corrected chi connectivity index (χ2v) is 5.57. The fourth-order valence-electron chi connectivity index (χ4n) is 2.03. The minimum absolute atomic E-state index is 0.0650. The summed E-state index contributed by atoms with van der Waals surface area (Å²) in [5.74, 6) is -1.53. The average Bonchev–Trinajstić information content (AvgIpc) is 2.15. The van der Waals surface area contributed by atoms with Gasteiger partial charge in [-0.15, -0.1) is 6.58 Å². The summed E-state index contributed by atoms with van der Waals surface area (Å²) in [5, 5.41) is 0. The van der Waals surface area contributed by atoms with Gasteiger partial charge in [0.1, 0.15) is 0 Å². The molecule has 1 atom stereocenters. The van der Waals surface area contributed by atoms with Crippen molar-refractivity contribution >= 4 is 11.8 Å². The van der Waals surface area contributed by atoms with E-state index in [0.717, 1.165) is 0 Å². The van der Waals surface area contributed by atoms with E-state index in [-0.39, 0.29) is 12.0 Å². The van der Waals surface area contributed by atoms with Gasteiger partial charge < -0.3 is 4.74 Å². The van der Waals surface area contributed by atoms with Gasteiger partial charge in [-0.25, -0.2) is 4.79 Å². The summed E-state index contributed by atoms with van der Waals surface area (Å²) in [6.07, 6.45) is 1.45. The molecule has 1 unspecified atom stereocenters. The maximum Gasteiger partial charge on any atom is 0.375 e. The minimum atomic E-state index is -0.742. The van der Waals surface area contributed by atoms with Crippen molar-refractivity contribution in [2.45, 2.75) is 47.6 Å². The predicted molar refractivity (Wildman–Crippen MR) is 68.5 cm³/mol. The summed E-state index contributed by atoms with van der Waals surface area (Å²) in [4.78, 5) is 23.8. The molecule has 0 spiro atoms. The first-order valence-electron chi connectivity index (χ1n) is 6.02. The van der Waals surface area contributed by atoms with E-state index in [1.807, 2.05) is 27.7 Å². The van der Waals surface area contributed by atoms with Gasteiger partial charge in [0, 0.05) is 5.92 Å². The molecule has 3 heteroatoms. The van der Waals surface area contributed by atoms with Crippen molar-refractivity contribution in [1.29, 1.82) is 0 Å². The molecule has 3 nitrogen and oxygen atoms in total. The highest BCUT2D eigenvalue weighted by Crippen LogP contribution is 2.34. The summed E-state index contributed by atoms with van der Waals surface area (Å²) in [6.45, 7) is 14.9. The van der Waals surface area contributed by atoms with Crippen molar-refractivity contribution in [2.75, 3.05) is 0 Å². The first kappa shape index (κ1) is 15.9. The number of ketones is 1. The molecule has 17 heavy (non-hydrogen) atoms. The van der Waals surface area contributed by atoms with Crippen molar-refractivity contribution in [3.63, 3.8) is 0 Å². The van der Waals surface area contributed by atoms with E-state index in [0.29, 0.717) is 0 Å². The number of hydrogen-bond donors (Lipinski definition) is 0. The molecular weight excluding hydrogens is 216 g/mol. The molecule has 0 saturated heterocycles. The molecular formula is C14H24O3. The number of ether oxygens (including phenoxy) is 1. The van der Waals surface area contributed by atoms with E-state index >= 15 is 0 Å². The van der Waals surface area contributed by atoms with Crippen LogP contribution < -0.4 is 0 Å². The molecule has 98 valence electrons. The second kappa shape index (κ2) is 5.99. The lowest BCUT2D eigenvalue weighted by molar-refractivity contribution is -0.160. The van der Waals surface area contributed by atoms with E-state index in [1.165, 1.54) is 0 Å². The summed E-state index contributed by atoms with van der Waals surface area (Å²) in [6, 6.07) is 0. The smallest absolute Gasteiger partial charge is 0.375 e. The quantitative estimate of drug-likeness (QED) is 0.407. The van der Waals surface area contributed by atoms with E-state index in [2.05, 4.69) is 6.58 Å². The fourth-order valence-corrected chi connectivity index (χ4v) is 2.03. The lowest BCUT2D eigenvalue weighted by Gasteiger charge is -2.32. The van der Waals surface area contributed by atoms with Crippen LogP contribution in [0, 0.1) is 17.3 Å². The number of Topliss-reactive ketones (excluding diaryl/α,β-unsaturated/α-hetero) is 1. The van der Waals surface area contributed by atoms with Gasteiger partial charge in [0.05, 0.1) is 6.10 Å². The molecule has 0 radical (unpaired) electrons. The van der Waals surface area contributed by atoms with Crippen LogP contribution in [-0.4, -0.2) is 17.9 Å². The van der Waals surface area contributed by atoms with Gasteiger partial charge in [-0.3, -0.25) is 4.79 Å². The second-order valence-electron chi connectivity index (χ2n) is 5.57. The predicted octanol–water partition coefficient (Wildman–Crippen LogP) is 2.99. The van der Waals surface area contributed by atoms with Crippen LogP contribution in [0.5, 0.6) is 0 Å². The highest BCUT2D eigenvalue weighted by Gasteiger charge is 2.39. The van der Waals surface area contributed by atoms with E-state index < -0.39 is 23.1 Å². The summed E-state index contributed by atoms with van der Waals surface area (Å²) < 4.78 is 4.96. The van der Waals surface area contributed by atoms with Crippen LogP contribution in [0.15, 0.2) is 12.7 Å². The molecule has 0 N–H and O–H groups in total. The number of esters is 1. The fraction of sp³-hybridized carbons (Fsp3) is 0.714. The highest BCUT2D eigenvalue weighted by molar-refractivity contribution is 6.34. The van der Waals surface area contributed by atoms with Crippen molar-refractivity contribution in [3.8, 4) is 0 Å². The van der Waals surface area contributed by atoms with Crippen LogP contribution in [0.1, 0.15) is 41.5 Å². The Kier molecular flexibility index (Phi) is 5.59. The number of hydrogen-bond acceptors (Lipinski definition) is 3. The SMILES string of the molecule is C=CC(C)(C)C(C(=O)C(=O)OC(C)C)C(C)C. The Morgan fingerprint density at radius 2 is 1.65 bits per heavy atom. The number of carbonyl (C=O) groups is 2. The van der Waals surface area contributed by atoms with Crippen LogP contribution in [0.2, 0.25) is 0 Å². The van der Waals surface area contributed by atoms with Crippen molar-refractivity contribution < 1.29 is 14.3 Å². The number of rotatable bonds is 6. The molecule has 0 aliphatic rings. The maximum atomic E-state index is 12.1. The molecule has 0 aliphatic heterocycles. The van der Waals surface area contributed by atoms with Gasteiger partial charge in [0.15, 0.2) is 0 Å². The van der Waals surface area contributed by atoms with Gasteiger partial charge in [-0.2, -0.15) is 0 Å². The lowest BCUT2D eigenvalue weighted by Crippen LogP contribution is -2.39. The molecule has 0 amide bonds. The Bertz CT molecular complexity index is 301. The Hall–Kier alpha value is -1.12. The number of allylic oxidation sites excluding steroid dienone is 1. The van der Waals surface area contributed by atoms with Gasteiger partial charge in [0.2, 0.25) is 5.78 Å². The molecule has 0 saturated carbocycles. The largest absolute Gasteiger partial charge is 0.457 e. The monoisotopic (exact) mass is 240 g/mol. The molecule has 0 heterocycles. The Labute approximate surface area is 104 Å². The molecule has 0 aromatic heterocycles. The molecule has 0 aliphatic carbocycles. The van der Waals surface area contributed by atoms with Gasteiger partial charge >= 0.3 is 5.97 Å². The Morgan fingerprint density at radius 1 is 1.18 bits per heavy atom. The van der Waals surface area contributed by atoms with Gasteiger partial charge in [-0.05, 0) is 25.2 Å². The third-order valence-corrected chi connectivity index (χ3v) is 2.82. The Balaban J connectivity index is 5.04. The summed E-state index contributed by atoms with van der Waals surface area (Å²) >= 11 is 0. The zero-order valence-corrected chi connectivity index (χ0v) is 11.7. The van der Waals surface area contributed by atoms with E-state index in [4.69, 9.17) is 4.74 Å². The maximum absolute atomic E-state index is 12.1. The normalized spacial score (nSPS) is 13.6. The molecule has 0 aromatic carbocycles. The average molecular weight is 240 g/mol. The van der Waals surface area contributed by atoms with Crippen molar-refractivity contribution in [3.05, 3.63) is 12.7 Å². The van der Waals surface area contributed by atoms with E-state index in [1.54, 1.807) is 19.9 Å². The molecule has 0 bridgehead atoms. The first-order chi connectivity index (χ1) is 7.63. The highest BCUT2D eigenvalue weighted by atomic mass is 16.5. The van der Waals surface area contributed by atoms with Crippen LogP contribution in [0.25, 0.3) is 0 Å². The summed E-state index contributed by atoms with van der Waals surface area (Å²) in [7, 11) is 0. The van der Waals surface area contributed by atoms with Crippen LogP contribution in [-0.2, 0) is 14.3 Å². The molecule has 0 aromatic rings. The Morgan fingerprint density at radius 3 is 1.94 bits per heavy atom. The van der Waals surface area contributed by atoms with Crippen molar-refractivity contribution in [1.82, 2.24) is 0 Å². The van der Waals surface area contributed by atoms with Crippen LogP contribution in [0.3, 0.4) is 0 Å². The zero-order valence-electron chi connectivity index (χ0n) is 11.7. The van der Waals surface area contributed by atoms with Crippen LogP contribution >= 0.6 is 0 Å². The van der Waals surface area contributed by atoms with Crippen molar-refractivity contribution in [2.24, 2.45) is 17.3 Å². The van der Waals surface area contributed by atoms with Gasteiger partial charge in [0.25, 0.3) is 0 Å². The summed E-state index contributed by atoms with van der Waals surface area (Å²) in [5.41, 5.74) is -0.415. The van der Waals surface area contributed by atoms with E-state index in [9.17, 15) is 9.59 Å². The minimum Gasteiger partial charge on any atom is -0.457 e. The third-order valence-electron chi connectivity index (χ3n) is 2.82. The molecule has 0 rings (SSSR count). The molecule has 0 fully saturated rings. The number of carbonyl (C=O) groups excluding carboxylic acids is 2. The third kappa shape index (κ3) is 4.33. The first-order valence-corrected chi connectivity index (χ1v) is 6.02.